The van der Waals surface area contributed by atoms with Crippen molar-refractivity contribution in [3.63, 3.8) is 0 Å². The van der Waals surface area contributed by atoms with Gasteiger partial charge in [0.25, 0.3) is 5.56 Å². The first-order valence-electron chi connectivity index (χ1n) is 6.90. The van der Waals surface area contributed by atoms with Gasteiger partial charge in [0.2, 0.25) is 5.91 Å². The third-order valence-electron chi connectivity index (χ3n) is 2.90. The van der Waals surface area contributed by atoms with Crippen LogP contribution < -0.4 is 16.6 Å². The largest absolute Gasteiger partial charge is 0.383 e. The minimum Gasteiger partial charge on any atom is -0.383 e. The standard InChI is InChI=1S/C15H13N5O2S2/c16-11-6-12(21)19-15(18-11)24-8-13(22)20-14-17-10(7-23-14)9-4-2-1-3-5-9/h1-7H,8H2,(H,17,20,22)(H3,16,18,19,21). The van der Waals surface area contributed by atoms with Gasteiger partial charge in [0.1, 0.15) is 5.82 Å². The molecule has 0 aliphatic rings. The number of nitrogens with two attached hydrogens (primary N) is 1. The molecule has 4 N–H and O–H groups in total. The molecule has 0 fully saturated rings. The lowest BCUT2D eigenvalue weighted by molar-refractivity contribution is -0.113. The first-order chi connectivity index (χ1) is 11.6. The maximum atomic E-state index is 12.0. The van der Waals surface area contributed by atoms with Gasteiger partial charge in [-0.15, -0.1) is 11.3 Å². The molecule has 0 saturated carbocycles. The fraction of sp³-hybridized carbons (Fsp3) is 0.0667. The molecule has 1 aromatic carbocycles. The van der Waals surface area contributed by atoms with E-state index in [1.807, 2.05) is 35.7 Å². The highest BCUT2D eigenvalue weighted by atomic mass is 32.2. The Labute approximate surface area is 145 Å². The predicted octanol–water partition coefficient (Wildman–Crippen LogP) is 2.21. The van der Waals surface area contributed by atoms with E-state index >= 15 is 0 Å². The second kappa shape index (κ2) is 7.28. The Kier molecular flexibility index (Phi) is 4.92. The maximum Gasteiger partial charge on any atom is 0.253 e. The number of H-pyrrole nitrogens is 1. The Morgan fingerprint density at radius 2 is 2.08 bits per heavy atom. The molecule has 2 aromatic heterocycles. The smallest absolute Gasteiger partial charge is 0.253 e. The maximum absolute atomic E-state index is 12.0. The molecular weight excluding hydrogens is 346 g/mol. The van der Waals surface area contributed by atoms with Crippen molar-refractivity contribution in [3.05, 3.63) is 52.1 Å². The van der Waals surface area contributed by atoms with Crippen molar-refractivity contribution in [2.45, 2.75) is 5.16 Å². The summed E-state index contributed by atoms with van der Waals surface area (Å²) in [5, 5.41) is 5.44. The van der Waals surface area contributed by atoms with Crippen molar-refractivity contribution in [1.82, 2.24) is 15.0 Å². The van der Waals surface area contributed by atoms with Gasteiger partial charge in [-0.3, -0.25) is 9.59 Å². The van der Waals surface area contributed by atoms with E-state index in [9.17, 15) is 9.59 Å². The van der Waals surface area contributed by atoms with Crippen LogP contribution in [-0.2, 0) is 4.79 Å². The summed E-state index contributed by atoms with van der Waals surface area (Å²) in [6.45, 7) is 0. The number of benzene rings is 1. The number of nitrogens with zero attached hydrogens (tertiary/aromatic N) is 2. The number of carbonyl (C=O) groups excluding carboxylic acids is 1. The van der Waals surface area contributed by atoms with Crippen molar-refractivity contribution in [2.75, 3.05) is 16.8 Å². The van der Waals surface area contributed by atoms with Crippen LogP contribution in [0, 0.1) is 0 Å². The molecular formula is C15H13N5O2S2. The quantitative estimate of drug-likeness (QED) is 0.475. The van der Waals surface area contributed by atoms with Crippen LogP contribution >= 0.6 is 23.1 Å². The molecule has 0 bridgehead atoms. The summed E-state index contributed by atoms with van der Waals surface area (Å²) in [5.41, 5.74) is 6.95. The highest BCUT2D eigenvalue weighted by Gasteiger charge is 2.09. The van der Waals surface area contributed by atoms with E-state index in [2.05, 4.69) is 20.3 Å². The van der Waals surface area contributed by atoms with Crippen molar-refractivity contribution >= 4 is 40.0 Å². The first-order valence-corrected chi connectivity index (χ1v) is 8.77. The normalized spacial score (nSPS) is 10.5. The fourth-order valence-corrected chi connectivity index (χ4v) is 3.30. The van der Waals surface area contributed by atoms with E-state index < -0.39 is 0 Å². The minimum atomic E-state index is -0.349. The van der Waals surface area contributed by atoms with Gasteiger partial charge in [-0.05, 0) is 0 Å². The van der Waals surface area contributed by atoms with Gasteiger partial charge in [-0.25, -0.2) is 9.97 Å². The number of aromatic nitrogens is 3. The van der Waals surface area contributed by atoms with E-state index in [1.165, 1.54) is 17.4 Å². The summed E-state index contributed by atoms with van der Waals surface area (Å²) in [6.07, 6.45) is 0. The summed E-state index contributed by atoms with van der Waals surface area (Å²) < 4.78 is 0. The number of anilines is 2. The van der Waals surface area contributed by atoms with Gasteiger partial charge in [0, 0.05) is 17.0 Å². The number of amides is 1. The zero-order chi connectivity index (χ0) is 16.9. The summed E-state index contributed by atoms with van der Waals surface area (Å²) in [5.74, 6) is -0.0276. The molecule has 0 unspecified atom stereocenters. The van der Waals surface area contributed by atoms with Crippen LogP contribution in [0.2, 0.25) is 0 Å². The fourth-order valence-electron chi connectivity index (χ4n) is 1.88. The Balaban J connectivity index is 1.59. The van der Waals surface area contributed by atoms with Gasteiger partial charge in [-0.1, -0.05) is 42.1 Å². The number of thiazole rings is 1. The number of thioether (sulfide) groups is 1. The van der Waals surface area contributed by atoms with Gasteiger partial charge >= 0.3 is 0 Å². The van der Waals surface area contributed by atoms with Gasteiger partial charge < -0.3 is 16.0 Å². The number of hydrogen-bond acceptors (Lipinski definition) is 7. The van der Waals surface area contributed by atoms with Gasteiger partial charge in [0.05, 0.1) is 11.4 Å². The minimum absolute atomic E-state index is 0.0899. The van der Waals surface area contributed by atoms with Crippen LogP contribution in [0.3, 0.4) is 0 Å². The number of nitrogen functional groups attached to an aromatic ring is 1. The van der Waals surface area contributed by atoms with E-state index in [-0.39, 0.29) is 23.0 Å². The Morgan fingerprint density at radius 1 is 1.29 bits per heavy atom. The lowest BCUT2D eigenvalue weighted by Gasteiger charge is -2.02. The van der Waals surface area contributed by atoms with Crippen molar-refractivity contribution in [1.29, 1.82) is 0 Å². The van der Waals surface area contributed by atoms with E-state index in [4.69, 9.17) is 5.73 Å². The first kappa shape index (κ1) is 16.2. The van der Waals surface area contributed by atoms with E-state index in [0.29, 0.717) is 10.3 Å². The highest BCUT2D eigenvalue weighted by Crippen LogP contribution is 2.24. The van der Waals surface area contributed by atoms with Gasteiger partial charge in [-0.2, -0.15) is 0 Å². The van der Waals surface area contributed by atoms with Crippen LogP contribution in [-0.4, -0.2) is 26.6 Å². The summed E-state index contributed by atoms with van der Waals surface area (Å²) >= 11 is 2.45. The number of hydrogen-bond donors (Lipinski definition) is 3. The number of rotatable bonds is 5. The number of aromatic amines is 1. The molecule has 0 aliphatic heterocycles. The average molecular weight is 359 g/mol. The molecule has 0 aliphatic carbocycles. The lowest BCUT2D eigenvalue weighted by atomic mass is 10.2. The number of carbonyl (C=O) groups is 1. The summed E-state index contributed by atoms with van der Waals surface area (Å²) in [4.78, 5) is 34.1. The van der Waals surface area contributed by atoms with Crippen LogP contribution in [0.15, 0.2) is 51.7 Å². The average Bonchev–Trinajstić information content (AvgIpc) is 3.01. The molecule has 24 heavy (non-hydrogen) atoms. The monoisotopic (exact) mass is 359 g/mol. The van der Waals surface area contributed by atoms with Crippen molar-refractivity contribution in [3.8, 4) is 11.3 Å². The molecule has 1 amide bonds. The molecule has 9 heteroatoms. The second-order valence-electron chi connectivity index (χ2n) is 4.72. The topological polar surface area (TPSA) is 114 Å². The Morgan fingerprint density at radius 3 is 2.83 bits per heavy atom. The predicted molar refractivity (Wildman–Crippen MR) is 96.2 cm³/mol. The van der Waals surface area contributed by atoms with Crippen LogP contribution in [0.5, 0.6) is 0 Å². The molecule has 0 atom stereocenters. The molecule has 3 rings (SSSR count). The van der Waals surface area contributed by atoms with E-state index in [1.54, 1.807) is 0 Å². The Hall–Kier alpha value is -2.65. The summed E-state index contributed by atoms with van der Waals surface area (Å²) in [7, 11) is 0. The van der Waals surface area contributed by atoms with Crippen molar-refractivity contribution in [2.24, 2.45) is 0 Å². The Bertz CT molecular complexity index is 907. The molecule has 0 spiro atoms. The van der Waals surface area contributed by atoms with E-state index in [0.717, 1.165) is 23.0 Å². The zero-order valence-electron chi connectivity index (χ0n) is 12.4. The lowest BCUT2D eigenvalue weighted by Crippen LogP contribution is -2.15. The van der Waals surface area contributed by atoms with Gasteiger partial charge in [0.15, 0.2) is 10.3 Å². The van der Waals surface area contributed by atoms with Crippen LogP contribution in [0.25, 0.3) is 11.3 Å². The third-order valence-corrected chi connectivity index (χ3v) is 4.53. The van der Waals surface area contributed by atoms with Crippen molar-refractivity contribution < 1.29 is 4.79 Å². The third kappa shape index (κ3) is 4.21. The second-order valence-corrected chi connectivity index (χ2v) is 6.54. The molecule has 0 radical (unpaired) electrons. The molecule has 7 nitrogen and oxygen atoms in total. The highest BCUT2D eigenvalue weighted by molar-refractivity contribution is 7.99. The zero-order valence-corrected chi connectivity index (χ0v) is 14.0. The summed E-state index contributed by atoms with van der Waals surface area (Å²) in [6, 6.07) is 10.9. The number of nitrogens with one attached hydrogen (secondary N) is 2. The molecule has 2 heterocycles. The molecule has 3 aromatic rings. The van der Waals surface area contributed by atoms with Crippen LogP contribution in [0.1, 0.15) is 0 Å². The molecule has 0 saturated heterocycles. The SMILES string of the molecule is Nc1cc(=O)[nH]c(SCC(=O)Nc2nc(-c3ccccc3)cs2)n1. The van der Waals surface area contributed by atoms with Crippen LogP contribution in [0.4, 0.5) is 10.9 Å². The molecule has 122 valence electrons.